The van der Waals surface area contributed by atoms with Gasteiger partial charge in [-0.3, -0.25) is 9.59 Å². The minimum Gasteiger partial charge on any atom is -0.456 e. The van der Waals surface area contributed by atoms with Crippen LogP contribution >= 0.6 is 11.8 Å². The molecule has 6 nitrogen and oxygen atoms in total. The first-order chi connectivity index (χ1) is 12.2. The first kappa shape index (κ1) is 17.2. The molecule has 3 rings (SSSR count). The molecule has 1 aliphatic rings. The molecule has 25 heavy (non-hydrogen) atoms. The fourth-order valence-corrected chi connectivity index (χ4v) is 3.01. The first-order valence-corrected chi connectivity index (χ1v) is 8.72. The topological polar surface area (TPSA) is 73.9 Å². The third kappa shape index (κ3) is 5.15. The SMILES string of the molecule is O=C(COC(=O)CCSc1ccccc1)Nc1ccc2c(c1)OCO2. The summed E-state index contributed by atoms with van der Waals surface area (Å²) in [7, 11) is 0. The van der Waals surface area contributed by atoms with Gasteiger partial charge in [0.2, 0.25) is 6.79 Å². The predicted molar refractivity (Wildman–Crippen MR) is 93.9 cm³/mol. The van der Waals surface area contributed by atoms with Crippen molar-refractivity contribution in [3.05, 3.63) is 48.5 Å². The molecule has 2 aromatic carbocycles. The number of carbonyl (C=O) groups is 2. The zero-order chi connectivity index (χ0) is 17.5. The van der Waals surface area contributed by atoms with Gasteiger partial charge in [-0.05, 0) is 24.3 Å². The summed E-state index contributed by atoms with van der Waals surface area (Å²) >= 11 is 1.57. The zero-order valence-electron chi connectivity index (χ0n) is 13.4. The van der Waals surface area contributed by atoms with Crippen molar-refractivity contribution in [1.82, 2.24) is 0 Å². The van der Waals surface area contributed by atoms with Gasteiger partial charge >= 0.3 is 5.97 Å². The Morgan fingerprint density at radius 1 is 1.08 bits per heavy atom. The quantitative estimate of drug-likeness (QED) is 0.605. The van der Waals surface area contributed by atoms with Crippen LogP contribution in [0.3, 0.4) is 0 Å². The molecule has 0 atom stereocenters. The summed E-state index contributed by atoms with van der Waals surface area (Å²) < 4.78 is 15.4. The summed E-state index contributed by atoms with van der Waals surface area (Å²) in [5, 5.41) is 2.65. The largest absolute Gasteiger partial charge is 0.456 e. The van der Waals surface area contributed by atoms with Crippen molar-refractivity contribution in [3.63, 3.8) is 0 Å². The summed E-state index contributed by atoms with van der Waals surface area (Å²) in [6.07, 6.45) is 0.247. The molecule has 0 unspecified atom stereocenters. The number of benzene rings is 2. The fourth-order valence-electron chi connectivity index (χ4n) is 2.16. The van der Waals surface area contributed by atoms with E-state index >= 15 is 0 Å². The van der Waals surface area contributed by atoms with Crippen LogP contribution in [0.2, 0.25) is 0 Å². The lowest BCUT2D eigenvalue weighted by Crippen LogP contribution is -2.21. The standard InChI is InChI=1S/C18H17NO5S/c20-17(19-13-6-7-15-16(10-13)24-12-23-15)11-22-18(21)8-9-25-14-4-2-1-3-5-14/h1-7,10H,8-9,11-12H2,(H,19,20). The maximum atomic E-state index is 11.8. The Balaban J connectivity index is 1.36. The maximum Gasteiger partial charge on any atom is 0.307 e. The van der Waals surface area contributed by atoms with E-state index in [9.17, 15) is 9.59 Å². The molecule has 130 valence electrons. The van der Waals surface area contributed by atoms with Gasteiger partial charge in [0.15, 0.2) is 18.1 Å². The van der Waals surface area contributed by atoms with Gasteiger partial charge in [-0.1, -0.05) is 18.2 Å². The summed E-state index contributed by atoms with van der Waals surface area (Å²) in [4.78, 5) is 24.6. The molecule has 0 aliphatic carbocycles. The molecule has 1 N–H and O–H groups in total. The summed E-state index contributed by atoms with van der Waals surface area (Å²) in [6.45, 7) is -0.144. The van der Waals surface area contributed by atoms with Crippen molar-refractivity contribution in [1.29, 1.82) is 0 Å². The van der Waals surface area contributed by atoms with Gasteiger partial charge < -0.3 is 19.5 Å². The molecule has 0 aromatic heterocycles. The molecule has 0 saturated heterocycles. The van der Waals surface area contributed by atoms with Crippen LogP contribution < -0.4 is 14.8 Å². The number of hydrogen-bond donors (Lipinski definition) is 1. The fraction of sp³-hybridized carbons (Fsp3) is 0.222. The van der Waals surface area contributed by atoms with Crippen molar-refractivity contribution in [2.45, 2.75) is 11.3 Å². The molecule has 0 saturated carbocycles. The van der Waals surface area contributed by atoms with Crippen LogP contribution in [-0.2, 0) is 14.3 Å². The van der Waals surface area contributed by atoms with Crippen molar-refractivity contribution >= 4 is 29.3 Å². The van der Waals surface area contributed by atoms with E-state index in [2.05, 4.69) is 5.32 Å². The Morgan fingerprint density at radius 2 is 1.88 bits per heavy atom. The molecule has 0 bridgehead atoms. The molecule has 1 aliphatic heterocycles. The van der Waals surface area contributed by atoms with Gasteiger partial charge in [-0.15, -0.1) is 11.8 Å². The highest BCUT2D eigenvalue weighted by molar-refractivity contribution is 7.99. The normalized spacial score (nSPS) is 11.8. The second kappa shape index (κ2) is 8.43. The highest BCUT2D eigenvalue weighted by Gasteiger charge is 2.14. The Kier molecular flexibility index (Phi) is 5.79. The van der Waals surface area contributed by atoms with Gasteiger partial charge in [-0.2, -0.15) is 0 Å². The molecular formula is C18H17NO5S. The number of fused-ring (bicyclic) bond motifs is 1. The van der Waals surface area contributed by atoms with E-state index in [-0.39, 0.29) is 19.8 Å². The number of ether oxygens (including phenoxy) is 3. The van der Waals surface area contributed by atoms with Gasteiger partial charge in [0.05, 0.1) is 6.42 Å². The number of rotatable bonds is 7. The van der Waals surface area contributed by atoms with Crippen LogP contribution in [0.4, 0.5) is 5.69 Å². The smallest absolute Gasteiger partial charge is 0.307 e. The summed E-state index contributed by atoms with van der Waals surface area (Å²) in [5.41, 5.74) is 0.560. The Morgan fingerprint density at radius 3 is 2.72 bits per heavy atom. The van der Waals surface area contributed by atoms with Crippen LogP contribution in [-0.4, -0.2) is 31.0 Å². The lowest BCUT2D eigenvalue weighted by Gasteiger charge is -2.07. The number of hydrogen-bond acceptors (Lipinski definition) is 6. The number of amides is 1. The van der Waals surface area contributed by atoms with Crippen molar-refractivity contribution in [3.8, 4) is 11.5 Å². The van der Waals surface area contributed by atoms with E-state index in [1.807, 2.05) is 30.3 Å². The lowest BCUT2D eigenvalue weighted by atomic mass is 10.3. The number of thioether (sulfide) groups is 1. The second-order valence-electron chi connectivity index (χ2n) is 5.19. The molecular weight excluding hydrogens is 342 g/mol. The predicted octanol–water partition coefficient (Wildman–Crippen LogP) is 3.08. The molecule has 0 radical (unpaired) electrons. The first-order valence-electron chi connectivity index (χ1n) is 7.74. The molecule has 1 heterocycles. The molecule has 1 amide bonds. The maximum absolute atomic E-state index is 11.8. The minimum absolute atomic E-state index is 0.172. The minimum atomic E-state index is -0.400. The van der Waals surface area contributed by atoms with Crippen LogP contribution in [0.1, 0.15) is 6.42 Å². The van der Waals surface area contributed by atoms with E-state index < -0.39 is 11.9 Å². The van der Waals surface area contributed by atoms with Crippen LogP contribution in [0, 0.1) is 0 Å². The zero-order valence-corrected chi connectivity index (χ0v) is 14.2. The lowest BCUT2D eigenvalue weighted by molar-refractivity contribution is -0.146. The number of esters is 1. The summed E-state index contributed by atoms with van der Waals surface area (Å²) in [6, 6.07) is 14.9. The van der Waals surface area contributed by atoms with Crippen molar-refractivity contribution in [2.24, 2.45) is 0 Å². The van der Waals surface area contributed by atoms with Crippen LogP contribution in [0.15, 0.2) is 53.4 Å². The van der Waals surface area contributed by atoms with Crippen molar-refractivity contribution in [2.75, 3.05) is 24.5 Å². The number of carbonyl (C=O) groups excluding carboxylic acids is 2. The molecule has 2 aromatic rings. The van der Waals surface area contributed by atoms with E-state index in [1.165, 1.54) is 0 Å². The highest BCUT2D eigenvalue weighted by atomic mass is 32.2. The van der Waals surface area contributed by atoms with E-state index in [1.54, 1.807) is 30.0 Å². The van der Waals surface area contributed by atoms with E-state index in [0.717, 1.165) is 4.90 Å². The number of anilines is 1. The van der Waals surface area contributed by atoms with Gasteiger partial charge in [-0.25, -0.2) is 0 Å². The average molecular weight is 359 g/mol. The third-order valence-electron chi connectivity index (χ3n) is 3.34. The van der Waals surface area contributed by atoms with Gasteiger partial charge in [0.25, 0.3) is 5.91 Å². The Bertz CT molecular complexity index is 750. The van der Waals surface area contributed by atoms with Gasteiger partial charge in [0, 0.05) is 22.4 Å². The second-order valence-corrected chi connectivity index (χ2v) is 6.36. The molecule has 0 fully saturated rings. The monoisotopic (exact) mass is 359 g/mol. The highest BCUT2D eigenvalue weighted by Crippen LogP contribution is 2.34. The van der Waals surface area contributed by atoms with Crippen LogP contribution in [0.5, 0.6) is 11.5 Å². The van der Waals surface area contributed by atoms with E-state index in [4.69, 9.17) is 14.2 Å². The summed E-state index contributed by atoms with van der Waals surface area (Å²) in [5.74, 6) is 1.02. The third-order valence-corrected chi connectivity index (χ3v) is 4.35. The van der Waals surface area contributed by atoms with Crippen molar-refractivity contribution < 1.29 is 23.8 Å². The Labute approximate surface area is 149 Å². The molecule has 7 heteroatoms. The van der Waals surface area contributed by atoms with Crippen LogP contribution in [0.25, 0.3) is 0 Å². The molecule has 0 spiro atoms. The number of nitrogens with one attached hydrogen (secondary N) is 1. The van der Waals surface area contributed by atoms with Gasteiger partial charge in [0.1, 0.15) is 0 Å². The van der Waals surface area contributed by atoms with E-state index in [0.29, 0.717) is 22.9 Å². The Hall–Kier alpha value is -2.67. The average Bonchev–Trinajstić information content (AvgIpc) is 3.09.